The molecule has 12 rings (SSSR count). The third kappa shape index (κ3) is 5.86. The largest absolute Gasteiger partial charge is 0.458 e. The van der Waals surface area contributed by atoms with Gasteiger partial charge in [-0.2, -0.15) is 0 Å². The summed E-state index contributed by atoms with van der Waals surface area (Å²) >= 11 is 0. The predicted octanol–water partition coefficient (Wildman–Crippen LogP) is 13.8. The van der Waals surface area contributed by atoms with E-state index in [1.807, 2.05) is 42.5 Å². The number of nitrogens with zero attached hydrogens (tertiary/aromatic N) is 4. The van der Waals surface area contributed by atoms with Crippen LogP contribution in [0.25, 0.3) is 84.2 Å². The fourth-order valence-corrected chi connectivity index (χ4v) is 9.80. The summed E-state index contributed by atoms with van der Waals surface area (Å²) in [5.41, 5.74) is 14.8. The van der Waals surface area contributed by atoms with Crippen LogP contribution in [0, 0.1) is 5.92 Å². The van der Waals surface area contributed by atoms with Crippen molar-refractivity contribution in [1.82, 2.24) is 19.9 Å². The van der Waals surface area contributed by atoms with Crippen molar-refractivity contribution in [3.8, 4) is 62.0 Å². The molecule has 0 saturated carbocycles. The summed E-state index contributed by atoms with van der Waals surface area (Å²) in [4.78, 5) is 19.6. The first kappa shape index (κ1) is 36.2. The summed E-state index contributed by atoms with van der Waals surface area (Å²) in [6.07, 6.45) is 15.3. The van der Waals surface area contributed by atoms with Gasteiger partial charge >= 0.3 is 0 Å². The van der Waals surface area contributed by atoms with Gasteiger partial charge in [-0.15, -0.1) is 0 Å². The molecule has 6 heteroatoms. The minimum atomic E-state index is -0.288. The molecule has 0 radical (unpaired) electrons. The van der Waals surface area contributed by atoms with E-state index in [1.165, 1.54) is 22.1 Å². The number of allylic oxidation sites excluding steroid dienone is 5. The summed E-state index contributed by atoms with van der Waals surface area (Å²) in [7, 11) is 0. The molecule has 3 aliphatic rings. The molecule has 5 aromatic heterocycles. The molecule has 0 bridgehead atoms. The Balaban J connectivity index is 0.919. The van der Waals surface area contributed by atoms with E-state index in [2.05, 4.69) is 151 Å². The lowest BCUT2D eigenvalue weighted by Gasteiger charge is -2.27. The van der Waals surface area contributed by atoms with Gasteiger partial charge < -0.3 is 9.15 Å². The van der Waals surface area contributed by atoms with Crippen molar-refractivity contribution in [3.05, 3.63) is 204 Å². The Morgan fingerprint density at radius 1 is 0.629 bits per heavy atom. The maximum Gasteiger partial charge on any atom is 0.158 e. The molecule has 6 nitrogen and oxygen atoms in total. The van der Waals surface area contributed by atoms with Gasteiger partial charge in [0.05, 0.1) is 33.7 Å². The number of pyridine rings is 4. The first-order valence-electron chi connectivity index (χ1n) is 21.3. The van der Waals surface area contributed by atoms with Crippen LogP contribution in [0.15, 0.2) is 186 Å². The Morgan fingerprint density at radius 2 is 1.29 bits per heavy atom. The Kier molecular flexibility index (Phi) is 8.29. The average molecular weight is 801 g/mol. The molecular formula is C56H40N4O2. The summed E-state index contributed by atoms with van der Waals surface area (Å²) in [6.45, 7) is 4.60. The summed E-state index contributed by atoms with van der Waals surface area (Å²) in [5.74, 6) is 3.19. The Morgan fingerprint density at radius 3 is 1.98 bits per heavy atom. The second-order valence-electron chi connectivity index (χ2n) is 16.8. The molecule has 0 fully saturated rings. The summed E-state index contributed by atoms with van der Waals surface area (Å²) in [6, 6.07) is 48.7. The molecule has 62 heavy (non-hydrogen) atoms. The lowest BCUT2D eigenvalue weighted by Crippen LogP contribution is -2.22. The van der Waals surface area contributed by atoms with Gasteiger partial charge in [-0.25, -0.2) is 9.97 Å². The minimum absolute atomic E-state index is 0.136. The van der Waals surface area contributed by atoms with Crippen LogP contribution in [0.1, 0.15) is 48.6 Å². The van der Waals surface area contributed by atoms with Gasteiger partial charge in [0.1, 0.15) is 22.8 Å². The van der Waals surface area contributed by atoms with E-state index in [4.69, 9.17) is 19.1 Å². The lowest BCUT2D eigenvalue weighted by atomic mass is 9.74. The second kappa shape index (κ2) is 14.2. The zero-order valence-corrected chi connectivity index (χ0v) is 34.3. The van der Waals surface area contributed by atoms with Gasteiger partial charge in [0.15, 0.2) is 5.75 Å². The number of aromatic nitrogens is 4. The molecule has 0 saturated heterocycles. The Labute approximate surface area is 359 Å². The van der Waals surface area contributed by atoms with Crippen molar-refractivity contribution < 1.29 is 9.15 Å². The molecule has 4 aromatic carbocycles. The standard InChI is InChI=1S/C56H40N4O2/c1-34-16-27-49-52(42-11-3-4-14-48(42)61-49)51(34)39-25-26-41-45(31-39)60-54(55-53(41)56(2)28-8-5-15-50(56)62-55)38-23-21-36(22-24-38)35-17-19-37(20-18-35)40-32-46(43-12-6-9-29-57-43)59-47(33-40)44-13-7-10-30-58-44/h3-27,29-34,51H,28H2,1-2H3. The number of benzene rings is 4. The number of furan rings is 1. The molecule has 0 amide bonds. The number of fused-ring (bicyclic) bond motifs is 8. The molecule has 9 aromatic rings. The quantitative estimate of drug-likeness (QED) is 0.167. The SMILES string of the molecule is CC1C=Cc2oc3ccccc3c2C1c1ccc2c3c(c(-c4ccc(-c5ccc(-c6cc(-c7ccccn7)nc(-c7ccccn7)c6)cc5)cc4)nc2c1)OC1=CC=CCC13C. The van der Waals surface area contributed by atoms with E-state index < -0.39 is 0 Å². The molecule has 0 spiro atoms. The second-order valence-corrected chi connectivity index (χ2v) is 16.8. The van der Waals surface area contributed by atoms with E-state index >= 15 is 0 Å². The maximum absolute atomic E-state index is 6.81. The van der Waals surface area contributed by atoms with E-state index in [0.29, 0.717) is 0 Å². The number of hydrogen-bond donors (Lipinski definition) is 0. The summed E-state index contributed by atoms with van der Waals surface area (Å²) in [5, 5.41) is 2.31. The van der Waals surface area contributed by atoms with Crippen LogP contribution < -0.4 is 4.74 Å². The van der Waals surface area contributed by atoms with Gasteiger partial charge in [-0.1, -0.05) is 116 Å². The van der Waals surface area contributed by atoms with Gasteiger partial charge in [0.2, 0.25) is 0 Å². The van der Waals surface area contributed by atoms with Crippen LogP contribution in [0.2, 0.25) is 0 Å². The van der Waals surface area contributed by atoms with Crippen molar-refractivity contribution in [3.63, 3.8) is 0 Å². The van der Waals surface area contributed by atoms with Crippen molar-refractivity contribution in [1.29, 1.82) is 0 Å². The van der Waals surface area contributed by atoms with Crippen LogP contribution in [0.3, 0.4) is 0 Å². The molecule has 296 valence electrons. The number of para-hydroxylation sites is 1. The van der Waals surface area contributed by atoms with Crippen LogP contribution in [0.4, 0.5) is 0 Å². The van der Waals surface area contributed by atoms with Crippen molar-refractivity contribution in [2.24, 2.45) is 5.92 Å². The molecule has 0 N–H and O–H groups in total. The molecular weight excluding hydrogens is 761 g/mol. The minimum Gasteiger partial charge on any atom is -0.458 e. The van der Waals surface area contributed by atoms with Crippen LogP contribution in [0.5, 0.6) is 5.75 Å². The van der Waals surface area contributed by atoms with E-state index in [0.717, 1.165) is 96.5 Å². The smallest absolute Gasteiger partial charge is 0.158 e. The van der Waals surface area contributed by atoms with Crippen molar-refractivity contribution in [2.45, 2.75) is 31.6 Å². The first-order valence-corrected chi connectivity index (χ1v) is 21.3. The fourth-order valence-electron chi connectivity index (χ4n) is 9.80. The van der Waals surface area contributed by atoms with E-state index in [9.17, 15) is 0 Å². The third-order valence-corrected chi connectivity index (χ3v) is 13.0. The van der Waals surface area contributed by atoms with E-state index in [1.54, 1.807) is 12.4 Å². The van der Waals surface area contributed by atoms with Crippen LogP contribution in [-0.2, 0) is 5.41 Å². The lowest BCUT2D eigenvalue weighted by molar-refractivity contribution is 0.377. The fraction of sp³-hybridized carbons (Fsp3) is 0.107. The number of ether oxygens (including phenoxy) is 1. The predicted molar refractivity (Wildman–Crippen MR) is 248 cm³/mol. The van der Waals surface area contributed by atoms with Crippen molar-refractivity contribution in [2.75, 3.05) is 0 Å². The maximum atomic E-state index is 6.81. The topological polar surface area (TPSA) is 73.9 Å². The molecule has 1 aliphatic heterocycles. The average Bonchev–Trinajstić information content (AvgIpc) is 3.87. The molecule has 2 aliphatic carbocycles. The number of hydrogen-bond acceptors (Lipinski definition) is 6. The highest BCUT2D eigenvalue weighted by Gasteiger charge is 2.45. The molecule has 3 atom stereocenters. The highest BCUT2D eigenvalue weighted by atomic mass is 16.5. The number of rotatable bonds is 6. The molecule has 6 heterocycles. The highest BCUT2D eigenvalue weighted by molar-refractivity contribution is 5.94. The van der Waals surface area contributed by atoms with Crippen molar-refractivity contribution >= 4 is 27.9 Å². The zero-order chi connectivity index (χ0) is 41.4. The monoisotopic (exact) mass is 800 g/mol. The molecule has 3 unspecified atom stereocenters. The highest BCUT2D eigenvalue weighted by Crippen LogP contribution is 2.55. The Hall–Kier alpha value is -7.70. The van der Waals surface area contributed by atoms with E-state index in [-0.39, 0.29) is 17.3 Å². The van der Waals surface area contributed by atoms with Gasteiger partial charge in [0.25, 0.3) is 0 Å². The normalized spacial score (nSPS) is 18.6. The first-order chi connectivity index (χ1) is 30.5. The summed E-state index contributed by atoms with van der Waals surface area (Å²) < 4.78 is 13.2. The van der Waals surface area contributed by atoms with Gasteiger partial charge in [-0.3, -0.25) is 9.97 Å². The third-order valence-electron chi connectivity index (χ3n) is 13.0. The van der Waals surface area contributed by atoms with Gasteiger partial charge in [0, 0.05) is 45.8 Å². The van der Waals surface area contributed by atoms with Crippen LogP contribution in [-0.4, -0.2) is 19.9 Å². The van der Waals surface area contributed by atoms with Crippen LogP contribution >= 0.6 is 0 Å². The zero-order valence-electron chi connectivity index (χ0n) is 34.3. The van der Waals surface area contributed by atoms with Gasteiger partial charge in [-0.05, 0) is 108 Å². The Bertz CT molecular complexity index is 3250.